The van der Waals surface area contributed by atoms with Crippen LogP contribution in [0.25, 0.3) is 0 Å². The van der Waals surface area contributed by atoms with Crippen molar-refractivity contribution in [3.63, 3.8) is 0 Å². The van der Waals surface area contributed by atoms with Crippen LogP contribution in [0.15, 0.2) is 16.5 Å². The molecular formula is C11H18N2O2. The van der Waals surface area contributed by atoms with E-state index in [2.05, 4.69) is 0 Å². The number of anilines is 1. The number of carbonyl (C=O) groups excluding carboxylic acids is 1. The van der Waals surface area contributed by atoms with Gasteiger partial charge in [0.1, 0.15) is 5.76 Å². The summed E-state index contributed by atoms with van der Waals surface area (Å²) in [4.78, 5) is 13.3. The third-order valence-corrected chi connectivity index (χ3v) is 2.36. The van der Waals surface area contributed by atoms with Crippen LogP contribution >= 0.6 is 0 Å². The van der Waals surface area contributed by atoms with E-state index >= 15 is 0 Å². The summed E-state index contributed by atoms with van der Waals surface area (Å²) in [6.45, 7) is 4.33. The van der Waals surface area contributed by atoms with Gasteiger partial charge >= 0.3 is 0 Å². The van der Waals surface area contributed by atoms with Crippen molar-refractivity contribution in [2.24, 2.45) is 11.7 Å². The van der Waals surface area contributed by atoms with Gasteiger partial charge in [-0.25, -0.2) is 0 Å². The molecule has 0 spiro atoms. The first-order valence-electron chi connectivity index (χ1n) is 5.07. The molecule has 1 rings (SSSR count). The van der Waals surface area contributed by atoms with Crippen LogP contribution < -0.4 is 10.6 Å². The predicted octanol–water partition coefficient (Wildman–Crippen LogP) is 1.54. The van der Waals surface area contributed by atoms with E-state index in [9.17, 15) is 4.79 Å². The lowest BCUT2D eigenvalue weighted by molar-refractivity contribution is -0.119. The number of nitrogens with two attached hydrogens (primary N) is 1. The average molecular weight is 210 g/mol. The van der Waals surface area contributed by atoms with Crippen molar-refractivity contribution in [3.05, 3.63) is 17.9 Å². The van der Waals surface area contributed by atoms with Crippen molar-refractivity contribution < 1.29 is 9.21 Å². The van der Waals surface area contributed by atoms with Crippen LogP contribution in [-0.2, 0) is 4.79 Å². The maximum atomic E-state index is 11.7. The summed E-state index contributed by atoms with van der Waals surface area (Å²) in [6, 6.07) is 3.63. The molecule has 0 radical (unpaired) electrons. The van der Waals surface area contributed by atoms with Gasteiger partial charge in [0.15, 0.2) is 0 Å². The molecule has 0 saturated heterocycles. The van der Waals surface area contributed by atoms with Gasteiger partial charge in [0.25, 0.3) is 0 Å². The molecule has 1 unspecified atom stereocenters. The van der Waals surface area contributed by atoms with E-state index < -0.39 is 0 Å². The van der Waals surface area contributed by atoms with Crippen molar-refractivity contribution in [3.8, 4) is 0 Å². The van der Waals surface area contributed by atoms with Crippen LogP contribution in [0.5, 0.6) is 0 Å². The first-order chi connectivity index (χ1) is 7.04. The van der Waals surface area contributed by atoms with Gasteiger partial charge in [0.2, 0.25) is 11.8 Å². The number of carbonyl (C=O) groups is 1. The molecular weight excluding hydrogens is 192 g/mol. The molecule has 0 saturated carbocycles. The topological polar surface area (TPSA) is 59.5 Å². The third-order valence-electron chi connectivity index (χ3n) is 2.36. The van der Waals surface area contributed by atoms with Gasteiger partial charge in [0.05, 0.1) is 0 Å². The Bertz CT molecular complexity index is 333. The van der Waals surface area contributed by atoms with Crippen molar-refractivity contribution in [1.82, 2.24) is 0 Å². The summed E-state index contributed by atoms with van der Waals surface area (Å²) in [6.07, 6.45) is 0.451. The Morgan fingerprint density at radius 2 is 2.27 bits per heavy atom. The van der Waals surface area contributed by atoms with Crippen LogP contribution in [0.3, 0.4) is 0 Å². The predicted molar refractivity (Wildman–Crippen MR) is 59.7 cm³/mol. The molecule has 4 heteroatoms. The summed E-state index contributed by atoms with van der Waals surface area (Å²) in [5.41, 5.74) is 5.47. The summed E-state index contributed by atoms with van der Waals surface area (Å²) >= 11 is 0. The van der Waals surface area contributed by atoms with Gasteiger partial charge in [-0.05, 0) is 25.5 Å². The zero-order valence-corrected chi connectivity index (χ0v) is 9.49. The second-order valence-corrected chi connectivity index (χ2v) is 3.88. The van der Waals surface area contributed by atoms with Crippen LogP contribution in [-0.4, -0.2) is 19.5 Å². The minimum Gasteiger partial charge on any atom is -0.445 e. The summed E-state index contributed by atoms with van der Waals surface area (Å²) in [5.74, 6) is 1.62. The van der Waals surface area contributed by atoms with Crippen LogP contribution in [0.1, 0.15) is 19.1 Å². The molecule has 4 nitrogen and oxygen atoms in total. The van der Waals surface area contributed by atoms with Gasteiger partial charge in [0, 0.05) is 19.5 Å². The van der Waals surface area contributed by atoms with Gasteiger partial charge in [-0.15, -0.1) is 0 Å². The fourth-order valence-corrected chi connectivity index (χ4v) is 1.24. The minimum absolute atomic E-state index is 0.0299. The molecule has 1 amide bonds. The number of furan rings is 1. The Labute approximate surface area is 90.0 Å². The fraction of sp³-hybridized carbons (Fsp3) is 0.545. The SMILES string of the molecule is Cc1ccc(N(C)C(=O)CC(C)CN)o1. The van der Waals surface area contributed by atoms with E-state index in [0.29, 0.717) is 18.8 Å². The van der Waals surface area contributed by atoms with Crippen molar-refractivity contribution >= 4 is 11.8 Å². The molecule has 0 aliphatic carbocycles. The lowest BCUT2D eigenvalue weighted by Crippen LogP contribution is -2.29. The third kappa shape index (κ3) is 3.09. The highest BCUT2D eigenvalue weighted by Gasteiger charge is 2.15. The second-order valence-electron chi connectivity index (χ2n) is 3.88. The molecule has 0 aliphatic heterocycles. The standard InChI is InChI=1S/C11H18N2O2/c1-8(7-12)6-10(14)13(3)11-5-4-9(2)15-11/h4-5,8H,6-7,12H2,1-3H3. The average Bonchev–Trinajstić information content (AvgIpc) is 2.63. The lowest BCUT2D eigenvalue weighted by atomic mass is 10.1. The number of hydrogen-bond acceptors (Lipinski definition) is 3. The molecule has 1 atom stereocenters. The quantitative estimate of drug-likeness (QED) is 0.820. The lowest BCUT2D eigenvalue weighted by Gasteiger charge is -2.16. The smallest absolute Gasteiger partial charge is 0.229 e. The Morgan fingerprint density at radius 3 is 2.73 bits per heavy atom. The van der Waals surface area contributed by atoms with Crippen molar-refractivity contribution in [1.29, 1.82) is 0 Å². The van der Waals surface area contributed by atoms with E-state index in [1.807, 2.05) is 19.9 Å². The van der Waals surface area contributed by atoms with Gasteiger partial charge in [-0.2, -0.15) is 0 Å². The molecule has 0 aliphatic rings. The second kappa shape index (κ2) is 4.98. The molecule has 0 fully saturated rings. The first-order valence-corrected chi connectivity index (χ1v) is 5.07. The Balaban J connectivity index is 2.60. The van der Waals surface area contributed by atoms with Crippen LogP contribution in [0.4, 0.5) is 5.88 Å². The zero-order chi connectivity index (χ0) is 11.4. The van der Waals surface area contributed by atoms with E-state index in [-0.39, 0.29) is 11.8 Å². The normalized spacial score (nSPS) is 12.5. The maximum absolute atomic E-state index is 11.7. The largest absolute Gasteiger partial charge is 0.445 e. The fourth-order valence-electron chi connectivity index (χ4n) is 1.24. The summed E-state index contributed by atoms with van der Waals surface area (Å²) < 4.78 is 5.36. The zero-order valence-electron chi connectivity index (χ0n) is 9.49. The number of rotatable bonds is 4. The van der Waals surface area contributed by atoms with Crippen molar-refractivity contribution in [2.75, 3.05) is 18.5 Å². The minimum atomic E-state index is 0.0299. The number of amides is 1. The molecule has 1 aromatic heterocycles. The molecule has 84 valence electrons. The Hall–Kier alpha value is -1.29. The molecule has 1 aromatic rings. The highest BCUT2D eigenvalue weighted by molar-refractivity contribution is 5.91. The van der Waals surface area contributed by atoms with Gasteiger partial charge in [-0.1, -0.05) is 6.92 Å². The Morgan fingerprint density at radius 1 is 1.60 bits per heavy atom. The molecule has 15 heavy (non-hydrogen) atoms. The molecule has 1 heterocycles. The summed E-state index contributed by atoms with van der Waals surface area (Å²) in [5, 5.41) is 0. The van der Waals surface area contributed by atoms with E-state index in [1.165, 1.54) is 4.90 Å². The van der Waals surface area contributed by atoms with Crippen LogP contribution in [0.2, 0.25) is 0 Å². The van der Waals surface area contributed by atoms with E-state index in [0.717, 1.165) is 5.76 Å². The highest BCUT2D eigenvalue weighted by Crippen LogP contribution is 2.18. The van der Waals surface area contributed by atoms with Crippen LogP contribution in [0, 0.1) is 12.8 Å². The van der Waals surface area contributed by atoms with Gasteiger partial charge in [-0.3, -0.25) is 9.69 Å². The number of aryl methyl sites for hydroxylation is 1. The number of hydrogen-bond donors (Lipinski definition) is 1. The summed E-state index contributed by atoms with van der Waals surface area (Å²) in [7, 11) is 1.71. The molecule has 2 N–H and O–H groups in total. The molecule has 0 bridgehead atoms. The highest BCUT2D eigenvalue weighted by atomic mass is 16.4. The maximum Gasteiger partial charge on any atom is 0.229 e. The van der Waals surface area contributed by atoms with E-state index in [1.54, 1.807) is 13.1 Å². The Kier molecular flexibility index (Phi) is 3.91. The van der Waals surface area contributed by atoms with Crippen molar-refractivity contribution in [2.45, 2.75) is 20.3 Å². The van der Waals surface area contributed by atoms with E-state index in [4.69, 9.17) is 10.2 Å². The first kappa shape index (κ1) is 11.8. The number of nitrogens with zero attached hydrogens (tertiary/aromatic N) is 1. The monoisotopic (exact) mass is 210 g/mol. The van der Waals surface area contributed by atoms with Gasteiger partial charge < -0.3 is 10.2 Å². The molecule has 0 aromatic carbocycles.